The lowest BCUT2D eigenvalue weighted by molar-refractivity contribution is -0.132. The number of aromatic amines is 1. The van der Waals surface area contributed by atoms with Crippen molar-refractivity contribution >= 4 is 17.7 Å². The Bertz CT molecular complexity index is 740. The largest absolute Gasteiger partial charge is 0.341 e. The van der Waals surface area contributed by atoms with Crippen LogP contribution in [0.2, 0.25) is 0 Å². The van der Waals surface area contributed by atoms with Crippen molar-refractivity contribution in [3.05, 3.63) is 30.1 Å². The van der Waals surface area contributed by atoms with E-state index in [1.54, 1.807) is 18.2 Å². The summed E-state index contributed by atoms with van der Waals surface area (Å²) in [4.78, 5) is 19.0. The Kier molecular flexibility index (Phi) is 5.42. The highest BCUT2D eigenvalue weighted by Gasteiger charge is 2.29. The number of benzene rings is 1. The second-order valence-electron chi connectivity index (χ2n) is 6.90. The van der Waals surface area contributed by atoms with E-state index in [4.69, 9.17) is 0 Å². The molecule has 7 heteroatoms. The first-order valence-corrected chi connectivity index (χ1v) is 9.44. The summed E-state index contributed by atoms with van der Waals surface area (Å²) in [6.45, 7) is 7.86. The Morgan fingerprint density at radius 1 is 1.32 bits per heavy atom. The molecule has 0 bridgehead atoms. The summed E-state index contributed by atoms with van der Waals surface area (Å²) in [6.07, 6.45) is 1.16. The van der Waals surface area contributed by atoms with E-state index in [1.807, 2.05) is 11.8 Å². The zero-order chi connectivity index (χ0) is 18.0. The number of rotatable bonds is 4. The van der Waals surface area contributed by atoms with Gasteiger partial charge in [-0.2, -0.15) is 0 Å². The van der Waals surface area contributed by atoms with Crippen molar-refractivity contribution in [2.75, 3.05) is 13.1 Å². The van der Waals surface area contributed by atoms with Crippen LogP contribution < -0.4 is 0 Å². The van der Waals surface area contributed by atoms with E-state index in [1.165, 1.54) is 17.8 Å². The zero-order valence-corrected chi connectivity index (χ0v) is 15.5. The fraction of sp³-hybridized carbons (Fsp3) is 0.500. The fourth-order valence-corrected chi connectivity index (χ4v) is 4.19. The molecule has 1 aliphatic heterocycles. The number of carbonyl (C=O) groups excluding carboxylic acids is 1. The van der Waals surface area contributed by atoms with Gasteiger partial charge in [-0.15, -0.1) is 5.10 Å². The van der Waals surface area contributed by atoms with Crippen molar-refractivity contribution in [1.82, 2.24) is 20.1 Å². The average Bonchev–Trinajstić information content (AvgIpc) is 3.01. The van der Waals surface area contributed by atoms with Crippen LogP contribution in [0.3, 0.4) is 0 Å². The van der Waals surface area contributed by atoms with Crippen LogP contribution in [-0.4, -0.2) is 44.3 Å². The number of aromatic nitrogens is 3. The minimum absolute atomic E-state index is 0.112. The molecule has 0 aliphatic carbocycles. The molecular weight excluding hydrogens is 339 g/mol. The summed E-state index contributed by atoms with van der Waals surface area (Å²) in [5.41, 5.74) is 0.375. The molecule has 0 radical (unpaired) electrons. The summed E-state index contributed by atoms with van der Waals surface area (Å²) < 4.78 is 13.8. The maximum Gasteiger partial charge on any atom is 0.235 e. The van der Waals surface area contributed by atoms with Gasteiger partial charge in [0.2, 0.25) is 11.1 Å². The highest BCUT2D eigenvalue weighted by atomic mass is 32.2. The molecule has 3 atom stereocenters. The van der Waals surface area contributed by atoms with Crippen molar-refractivity contribution in [3.63, 3.8) is 0 Å². The number of nitrogens with zero attached hydrogens (tertiary/aromatic N) is 3. The van der Waals surface area contributed by atoms with Gasteiger partial charge in [-0.05, 0) is 37.3 Å². The molecule has 1 aromatic carbocycles. The maximum atomic E-state index is 13.8. The van der Waals surface area contributed by atoms with Gasteiger partial charge in [0.15, 0.2) is 5.82 Å². The van der Waals surface area contributed by atoms with E-state index in [2.05, 4.69) is 29.0 Å². The fourth-order valence-electron chi connectivity index (χ4n) is 3.38. The molecule has 3 rings (SSSR count). The van der Waals surface area contributed by atoms with E-state index >= 15 is 0 Å². The zero-order valence-electron chi connectivity index (χ0n) is 14.7. The van der Waals surface area contributed by atoms with Crippen LogP contribution in [-0.2, 0) is 4.79 Å². The molecule has 134 valence electrons. The van der Waals surface area contributed by atoms with Gasteiger partial charge in [0.25, 0.3) is 0 Å². The van der Waals surface area contributed by atoms with Crippen molar-refractivity contribution in [2.24, 2.45) is 11.8 Å². The van der Waals surface area contributed by atoms with Gasteiger partial charge >= 0.3 is 0 Å². The van der Waals surface area contributed by atoms with Crippen LogP contribution in [0.5, 0.6) is 0 Å². The maximum absolute atomic E-state index is 13.8. The Morgan fingerprint density at radius 2 is 2.00 bits per heavy atom. The third kappa shape index (κ3) is 4.21. The first-order valence-electron chi connectivity index (χ1n) is 8.56. The second-order valence-corrected chi connectivity index (χ2v) is 8.20. The molecule has 3 unspecified atom stereocenters. The molecule has 1 amide bonds. The number of nitrogens with one attached hydrogen (secondary N) is 1. The third-order valence-electron chi connectivity index (χ3n) is 4.40. The lowest BCUT2D eigenvalue weighted by Gasteiger charge is -2.36. The van der Waals surface area contributed by atoms with Crippen LogP contribution in [0.15, 0.2) is 29.4 Å². The quantitative estimate of drug-likeness (QED) is 0.844. The topological polar surface area (TPSA) is 61.9 Å². The van der Waals surface area contributed by atoms with Crippen molar-refractivity contribution in [1.29, 1.82) is 0 Å². The number of H-pyrrole nitrogens is 1. The van der Waals surface area contributed by atoms with Crippen LogP contribution in [0, 0.1) is 17.7 Å². The summed E-state index contributed by atoms with van der Waals surface area (Å²) in [6, 6.07) is 6.41. The SMILES string of the molecule is CC1CC(C)CN(C(=O)C(C)Sc2n[nH]c(-c3ccccc3F)n2)C1. The number of amides is 1. The number of thioether (sulfide) groups is 1. The third-order valence-corrected chi connectivity index (χ3v) is 5.35. The van der Waals surface area contributed by atoms with Gasteiger partial charge in [-0.25, -0.2) is 9.37 Å². The molecule has 0 spiro atoms. The van der Waals surface area contributed by atoms with Crippen LogP contribution in [0.25, 0.3) is 11.4 Å². The monoisotopic (exact) mass is 362 g/mol. The smallest absolute Gasteiger partial charge is 0.235 e. The first-order chi connectivity index (χ1) is 11.9. The number of hydrogen-bond donors (Lipinski definition) is 1. The average molecular weight is 362 g/mol. The number of halogens is 1. The Morgan fingerprint density at radius 3 is 2.68 bits per heavy atom. The number of piperidine rings is 1. The van der Waals surface area contributed by atoms with Crippen molar-refractivity contribution in [2.45, 2.75) is 37.6 Å². The number of carbonyl (C=O) groups is 1. The van der Waals surface area contributed by atoms with E-state index < -0.39 is 0 Å². The Labute approximate surface area is 151 Å². The Balaban J connectivity index is 1.66. The molecule has 1 aliphatic rings. The van der Waals surface area contributed by atoms with E-state index in [0.29, 0.717) is 28.4 Å². The standard InChI is InChI=1S/C18H23FN4OS/c1-11-8-12(2)10-23(9-11)17(24)13(3)25-18-20-16(21-22-18)14-6-4-5-7-15(14)19/h4-7,11-13H,8-10H2,1-3H3,(H,20,21,22). The molecular formula is C18H23FN4OS. The van der Waals surface area contributed by atoms with Gasteiger partial charge < -0.3 is 4.90 Å². The van der Waals surface area contributed by atoms with Crippen molar-refractivity contribution < 1.29 is 9.18 Å². The predicted molar refractivity (Wildman–Crippen MR) is 96.6 cm³/mol. The summed E-state index contributed by atoms with van der Waals surface area (Å²) in [5.74, 6) is 1.19. The molecule has 1 aromatic heterocycles. The van der Waals surface area contributed by atoms with E-state index in [-0.39, 0.29) is 17.0 Å². The lowest BCUT2D eigenvalue weighted by atomic mass is 9.92. The van der Waals surface area contributed by atoms with Crippen LogP contribution in [0.4, 0.5) is 4.39 Å². The normalized spacial score (nSPS) is 22.0. The van der Waals surface area contributed by atoms with Gasteiger partial charge in [-0.3, -0.25) is 9.89 Å². The molecule has 2 heterocycles. The highest BCUT2D eigenvalue weighted by molar-refractivity contribution is 8.00. The van der Waals surface area contributed by atoms with E-state index in [0.717, 1.165) is 19.5 Å². The Hall–Kier alpha value is -1.89. The van der Waals surface area contributed by atoms with Crippen molar-refractivity contribution in [3.8, 4) is 11.4 Å². The molecule has 5 nitrogen and oxygen atoms in total. The lowest BCUT2D eigenvalue weighted by Crippen LogP contribution is -2.45. The van der Waals surface area contributed by atoms with E-state index in [9.17, 15) is 9.18 Å². The molecule has 1 saturated heterocycles. The van der Waals surface area contributed by atoms with Gasteiger partial charge in [-0.1, -0.05) is 37.7 Å². The van der Waals surface area contributed by atoms with Gasteiger partial charge in [0.05, 0.1) is 10.8 Å². The molecule has 1 fully saturated rings. The summed E-state index contributed by atoms with van der Waals surface area (Å²) >= 11 is 1.30. The van der Waals surface area contributed by atoms with Gasteiger partial charge in [0.1, 0.15) is 5.82 Å². The van der Waals surface area contributed by atoms with Crippen LogP contribution in [0.1, 0.15) is 27.2 Å². The van der Waals surface area contributed by atoms with Gasteiger partial charge in [0, 0.05) is 13.1 Å². The first kappa shape index (κ1) is 17.9. The second kappa shape index (κ2) is 7.56. The molecule has 0 saturated carbocycles. The highest BCUT2D eigenvalue weighted by Crippen LogP contribution is 2.27. The number of likely N-dealkylation sites (tertiary alicyclic amines) is 1. The minimum atomic E-state index is -0.351. The minimum Gasteiger partial charge on any atom is -0.341 e. The molecule has 25 heavy (non-hydrogen) atoms. The molecule has 1 N–H and O–H groups in total. The van der Waals surface area contributed by atoms with Crippen LogP contribution >= 0.6 is 11.8 Å². The summed E-state index contributed by atoms with van der Waals surface area (Å²) in [5, 5.41) is 7.05. The summed E-state index contributed by atoms with van der Waals surface area (Å²) in [7, 11) is 0. The predicted octanol–water partition coefficient (Wildman–Crippen LogP) is 3.60. The molecule has 2 aromatic rings. The number of hydrogen-bond acceptors (Lipinski definition) is 4.